The molecule has 0 saturated heterocycles. The van der Waals surface area contributed by atoms with Crippen molar-refractivity contribution in [3.63, 3.8) is 0 Å². The lowest BCUT2D eigenvalue weighted by molar-refractivity contribution is 1.30. The fraction of sp³-hybridized carbons (Fsp3) is 0. The van der Waals surface area contributed by atoms with Crippen LogP contribution in [0.3, 0.4) is 0 Å². The number of hydrogen-bond acceptors (Lipinski definition) is 2. The van der Waals surface area contributed by atoms with Crippen molar-refractivity contribution in [2.24, 2.45) is 0 Å². The molecule has 1 heterocycles. The van der Waals surface area contributed by atoms with Crippen LogP contribution in [0.4, 0.5) is 17.1 Å². The number of anilines is 3. The van der Waals surface area contributed by atoms with E-state index in [2.05, 4.69) is 193 Å². The highest BCUT2D eigenvalue weighted by molar-refractivity contribution is 7.26. The molecule has 226 valence electrons. The standard InChI is InChI=1S/C46H31NS/c1-4-13-32(14-5-1)34-23-25-35(26-24-34)36-17-12-20-39(29-36)47(38-18-8-3-9-19-38)44-31-43-41-28-27-37(33-15-6-2-7-16-33)30-45(41)48-46(43)42-22-11-10-21-40(42)44/h1-31H. The lowest BCUT2D eigenvalue weighted by atomic mass is 9.99. The maximum absolute atomic E-state index is 2.42. The zero-order valence-corrected chi connectivity index (χ0v) is 27.1. The summed E-state index contributed by atoms with van der Waals surface area (Å²) in [6, 6.07) is 68.0. The molecule has 48 heavy (non-hydrogen) atoms. The molecule has 0 aliphatic rings. The molecular formula is C46H31NS. The molecule has 9 rings (SSSR count). The van der Waals surface area contributed by atoms with Crippen LogP contribution in [0.1, 0.15) is 0 Å². The Morgan fingerprint density at radius 2 is 0.812 bits per heavy atom. The molecule has 0 saturated carbocycles. The number of para-hydroxylation sites is 1. The van der Waals surface area contributed by atoms with Gasteiger partial charge in [-0.3, -0.25) is 0 Å². The summed E-state index contributed by atoms with van der Waals surface area (Å²) in [5.41, 5.74) is 10.8. The summed E-state index contributed by atoms with van der Waals surface area (Å²) in [7, 11) is 0. The first-order valence-electron chi connectivity index (χ1n) is 16.3. The van der Waals surface area contributed by atoms with Gasteiger partial charge < -0.3 is 4.90 Å². The Morgan fingerprint density at radius 1 is 0.312 bits per heavy atom. The van der Waals surface area contributed by atoms with Crippen molar-refractivity contribution in [2.75, 3.05) is 4.90 Å². The van der Waals surface area contributed by atoms with E-state index in [9.17, 15) is 0 Å². The fourth-order valence-corrected chi connectivity index (χ4v) is 8.15. The van der Waals surface area contributed by atoms with Crippen LogP contribution in [-0.2, 0) is 0 Å². The summed E-state index contributed by atoms with van der Waals surface area (Å²) in [6.07, 6.45) is 0. The highest BCUT2D eigenvalue weighted by Crippen LogP contribution is 2.47. The van der Waals surface area contributed by atoms with Crippen molar-refractivity contribution >= 4 is 59.3 Å². The Labute approximate surface area is 284 Å². The molecule has 1 aromatic heterocycles. The third-order valence-corrected chi connectivity index (χ3v) is 10.5. The zero-order chi connectivity index (χ0) is 31.9. The second-order valence-corrected chi connectivity index (χ2v) is 13.2. The van der Waals surface area contributed by atoms with Crippen LogP contribution in [0.5, 0.6) is 0 Å². The third kappa shape index (κ3) is 5.04. The number of hydrogen-bond donors (Lipinski definition) is 0. The normalized spacial score (nSPS) is 11.3. The van der Waals surface area contributed by atoms with Crippen molar-refractivity contribution < 1.29 is 0 Å². The van der Waals surface area contributed by atoms with Gasteiger partial charge >= 0.3 is 0 Å². The van der Waals surface area contributed by atoms with Crippen molar-refractivity contribution in [3.8, 4) is 33.4 Å². The van der Waals surface area contributed by atoms with Crippen LogP contribution in [0.2, 0.25) is 0 Å². The lowest BCUT2D eigenvalue weighted by Crippen LogP contribution is -2.10. The SMILES string of the molecule is c1ccc(-c2ccc(-c3cccc(N(c4ccccc4)c4cc5c6ccc(-c7ccccc7)cc6sc5c5ccccc45)c3)cc2)cc1. The Bertz CT molecular complexity index is 2530. The van der Waals surface area contributed by atoms with E-state index in [1.54, 1.807) is 0 Å². The minimum Gasteiger partial charge on any atom is -0.310 e. The average molecular weight is 630 g/mol. The van der Waals surface area contributed by atoms with Gasteiger partial charge in [0.05, 0.1) is 5.69 Å². The predicted molar refractivity (Wildman–Crippen MR) is 208 cm³/mol. The van der Waals surface area contributed by atoms with Crippen LogP contribution in [0.25, 0.3) is 64.3 Å². The first-order valence-corrected chi connectivity index (χ1v) is 17.2. The van der Waals surface area contributed by atoms with Gasteiger partial charge in [-0.05, 0) is 69.8 Å². The number of thiophene rings is 1. The molecule has 0 aliphatic heterocycles. The molecule has 0 aliphatic carbocycles. The monoisotopic (exact) mass is 629 g/mol. The van der Waals surface area contributed by atoms with Crippen molar-refractivity contribution in [3.05, 3.63) is 188 Å². The van der Waals surface area contributed by atoms with E-state index >= 15 is 0 Å². The Morgan fingerprint density at radius 3 is 1.52 bits per heavy atom. The molecule has 0 spiro atoms. The maximum atomic E-state index is 2.42. The van der Waals surface area contributed by atoms with Crippen LogP contribution in [-0.4, -0.2) is 0 Å². The molecule has 0 bridgehead atoms. The molecule has 0 radical (unpaired) electrons. The van der Waals surface area contributed by atoms with Gasteiger partial charge in [0, 0.05) is 42.3 Å². The Kier molecular flexibility index (Phi) is 7.07. The van der Waals surface area contributed by atoms with E-state index in [4.69, 9.17) is 0 Å². The molecule has 8 aromatic carbocycles. The fourth-order valence-electron chi connectivity index (χ4n) is 6.89. The van der Waals surface area contributed by atoms with E-state index in [0.717, 1.165) is 11.4 Å². The van der Waals surface area contributed by atoms with Crippen LogP contribution in [0.15, 0.2) is 188 Å². The van der Waals surface area contributed by atoms with Gasteiger partial charge in [0.1, 0.15) is 0 Å². The van der Waals surface area contributed by atoms with Crippen molar-refractivity contribution in [2.45, 2.75) is 0 Å². The second kappa shape index (κ2) is 12.0. The highest BCUT2D eigenvalue weighted by Gasteiger charge is 2.20. The molecule has 9 aromatic rings. The summed E-state index contributed by atoms with van der Waals surface area (Å²) in [4.78, 5) is 2.42. The quantitative estimate of drug-likeness (QED) is 0.177. The molecular weight excluding hydrogens is 599 g/mol. The summed E-state index contributed by atoms with van der Waals surface area (Å²) in [5, 5.41) is 5.10. The third-order valence-electron chi connectivity index (χ3n) is 9.25. The summed E-state index contributed by atoms with van der Waals surface area (Å²) in [5.74, 6) is 0. The first-order chi connectivity index (χ1) is 23.8. The summed E-state index contributed by atoms with van der Waals surface area (Å²) >= 11 is 1.89. The molecule has 0 fully saturated rings. The van der Waals surface area contributed by atoms with Crippen LogP contribution < -0.4 is 4.90 Å². The van der Waals surface area contributed by atoms with Gasteiger partial charge in [-0.1, -0.05) is 152 Å². The van der Waals surface area contributed by atoms with Gasteiger partial charge in [-0.2, -0.15) is 0 Å². The number of benzene rings is 8. The summed E-state index contributed by atoms with van der Waals surface area (Å²) in [6.45, 7) is 0. The molecule has 1 nitrogen and oxygen atoms in total. The van der Waals surface area contributed by atoms with Crippen LogP contribution >= 0.6 is 11.3 Å². The highest BCUT2D eigenvalue weighted by atomic mass is 32.1. The molecule has 0 unspecified atom stereocenters. The molecule has 2 heteroatoms. The van der Waals surface area contributed by atoms with Gasteiger partial charge in [0.15, 0.2) is 0 Å². The molecule has 0 amide bonds. The van der Waals surface area contributed by atoms with Gasteiger partial charge in [-0.25, -0.2) is 0 Å². The minimum absolute atomic E-state index is 1.13. The average Bonchev–Trinajstić information content (AvgIpc) is 3.54. The van der Waals surface area contributed by atoms with E-state index in [-0.39, 0.29) is 0 Å². The predicted octanol–water partition coefficient (Wildman–Crippen LogP) is 13.7. The van der Waals surface area contributed by atoms with Crippen LogP contribution in [0, 0.1) is 0 Å². The Hall–Kier alpha value is -5.96. The first kappa shape index (κ1) is 28.3. The number of fused-ring (bicyclic) bond motifs is 5. The van der Waals surface area contributed by atoms with Gasteiger partial charge in [0.2, 0.25) is 0 Å². The Balaban J connectivity index is 1.21. The van der Waals surface area contributed by atoms with E-state index < -0.39 is 0 Å². The molecule has 0 N–H and O–H groups in total. The largest absolute Gasteiger partial charge is 0.310 e. The van der Waals surface area contributed by atoms with Crippen molar-refractivity contribution in [1.29, 1.82) is 0 Å². The maximum Gasteiger partial charge on any atom is 0.0547 e. The smallest absolute Gasteiger partial charge is 0.0547 e. The van der Waals surface area contributed by atoms with E-state index in [1.165, 1.54) is 70.0 Å². The lowest BCUT2D eigenvalue weighted by Gasteiger charge is -2.27. The van der Waals surface area contributed by atoms with E-state index in [0.29, 0.717) is 0 Å². The zero-order valence-electron chi connectivity index (χ0n) is 26.3. The van der Waals surface area contributed by atoms with Gasteiger partial charge in [-0.15, -0.1) is 11.3 Å². The molecule has 0 atom stereocenters. The van der Waals surface area contributed by atoms with Crippen molar-refractivity contribution in [1.82, 2.24) is 0 Å². The second-order valence-electron chi connectivity index (χ2n) is 12.2. The number of rotatable bonds is 6. The van der Waals surface area contributed by atoms with Gasteiger partial charge in [0.25, 0.3) is 0 Å². The topological polar surface area (TPSA) is 3.24 Å². The number of nitrogens with zero attached hydrogens (tertiary/aromatic N) is 1. The van der Waals surface area contributed by atoms with E-state index in [1.807, 2.05) is 11.3 Å². The summed E-state index contributed by atoms with van der Waals surface area (Å²) < 4.78 is 2.63. The minimum atomic E-state index is 1.13.